The lowest BCUT2D eigenvalue weighted by atomic mass is 9.81. The van der Waals surface area contributed by atoms with Gasteiger partial charge in [-0.2, -0.15) is 0 Å². The fourth-order valence-corrected chi connectivity index (χ4v) is 2.81. The van der Waals surface area contributed by atoms with Crippen LogP contribution in [0.15, 0.2) is 22.8 Å². The van der Waals surface area contributed by atoms with Crippen LogP contribution in [0.1, 0.15) is 50.0 Å². The zero-order valence-electron chi connectivity index (χ0n) is 13.5. The third-order valence-corrected chi connectivity index (χ3v) is 3.92. The van der Waals surface area contributed by atoms with Crippen molar-refractivity contribution in [3.8, 4) is 0 Å². The average Bonchev–Trinajstić information content (AvgIpc) is 2.45. The summed E-state index contributed by atoms with van der Waals surface area (Å²) in [4.78, 5) is 24.3. The van der Waals surface area contributed by atoms with Gasteiger partial charge in [0.1, 0.15) is 11.7 Å². The summed E-state index contributed by atoms with van der Waals surface area (Å²) < 4.78 is 0. The zero-order chi connectivity index (χ0) is 17.0. The summed E-state index contributed by atoms with van der Waals surface area (Å²) in [6, 6.07) is 1.76. The number of nitrogens with two attached hydrogens (primary N) is 2. The van der Waals surface area contributed by atoms with E-state index < -0.39 is 5.97 Å². The molecule has 0 amide bonds. The molecule has 1 heterocycles. The van der Waals surface area contributed by atoms with E-state index in [2.05, 4.69) is 15.0 Å². The molecule has 0 aliphatic heterocycles. The smallest absolute Gasteiger partial charge is 0.306 e. The molecule has 0 spiro atoms. The fraction of sp³-hybridized carbons (Fsp3) is 0.500. The monoisotopic (exact) mass is 317 g/mol. The molecule has 1 aliphatic carbocycles. The number of carbonyl (C=O) groups is 1. The maximum Gasteiger partial charge on any atom is 0.306 e. The van der Waals surface area contributed by atoms with Gasteiger partial charge in [-0.05, 0) is 45.6 Å². The number of nitrogens with zero attached hydrogens (tertiary/aromatic N) is 3. The van der Waals surface area contributed by atoms with E-state index >= 15 is 0 Å². The molecule has 5 N–H and O–H groups in total. The molecule has 1 saturated carbocycles. The second-order valence-corrected chi connectivity index (χ2v) is 6.04. The largest absolute Gasteiger partial charge is 0.481 e. The summed E-state index contributed by atoms with van der Waals surface area (Å²) in [7, 11) is 0. The van der Waals surface area contributed by atoms with Gasteiger partial charge in [0, 0.05) is 23.4 Å². The standard InChI is InChI=1S/C16H23N5O2/c1-9(17)7-13(18)20-14-8-10(2)19-15(21-14)11-3-5-12(6-4-11)16(22)23/h7-8,11-12H,3-6,17H2,1-2H3,(H,22,23)(H2,18,19,20,21)/b9-7-. The van der Waals surface area contributed by atoms with Gasteiger partial charge in [0.15, 0.2) is 5.82 Å². The fourth-order valence-electron chi connectivity index (χ4n) is 2.81. The number of aliphatic imine (C=N–C) groups is 1. The summed E-state index contributed by atoms with van der Waals surface area (Å²) in [6.07, 6.45) is 4.46. The van der Waals surface area contributed by atoms with Gasteiger partial charge in [0.25, 0.3) is 0 Å². The Labute approximate surface area is 135 Å². The third-order valence-electron chi connectivity index (χ3n) is 3.92. The molecule has 0 aromatic carbocycles. The number of aromatic nitrogens is 2. The van der Waals surface area contributed by atoms with E-state index in [0.29, 0.717) is 36.0 Å². The minimum Gasteiger partial charge on any atom is -0.481 e. The number of rotatable bonds is 4. The van der Waals surface area contributed by atoms with Crippen molar-refractivity contribution in [2.75, 3.05) is 0 Å². The number of hydrogen-bond acceptors (Lipinski definition) is 5. The second-order valence-electron chi connectivity index (χ2n) is 6.04. The molecule has 7 heteroatoms. The molecule has 7 nitrogen and oxygen atoms in total. The molecule has 124 valence electrons. The normalized spacial score (nSPS) is 22.9. The molecular weight excluding hydrogens is 294 g/mol. The number of aryl methyl sites for hydroxylation is 1. The third kappa shape index (κ3) is 4.77. The van der Waals surface area contributed by atoms with E-state index in [0.717, 1.165) is 18.5 Å². The molecule has 1 aromatic heterocycles. The first-order chi connectivity index (χ1) is 10.8. The summed E-state index contributed by atoms with van der Waals surface area (Å²) in [6.45, 7) is 3.62. The van der Waals surface area contributed by atoms with Crippen molar-refractivity contribution >= 4 is 17.6 Å². The van der Waals surface area contributed by atoms with Crippen molar-refractivity contribution < 1.29 is 9.90 Å². The maximum absolute atomic E-state index is 11.0. The molecule has 23 heavy (non-hydrogen) atoms. The Hall–Kier alpha value is -2.44. The number of amidine groups is 1. The van der Waals surface area contributed by atoms with E-state index in [4.69, 9.17) is 16.6 Å². The molecule has 1 aromatic rings. The first kappa shape index (κ1) is 16.9. The van der Waals surface area contributed by atoms with E-state index in [1.54, 1.807) is 19.1 Å². The van der Waals surface area contributed by atoms with Crippen LogP contribution in [0.2, 0.25) is 0 Å². The summed E-state index contributed by atoms with van der Waals surface area (Å²) in [5, 5.41) is 9.08. The SMILES string of the molecule is C/C(N)=C/C(N)=Nc1cc(C)nc(C2CCC(C(=O)O)CC2)n1. The Morgan fingerprint density at radius 2 is 1.96 bits per heavy atom. The van der Waals surface area contributed by atoms with Crippen molar-refractivity contribution in [3.05, 3.63) is 29.4 Å². The number of hydrogen-bond donors (Lipinski definition) is 3. The van der Waals surface area contributed by atoms with Gasteiger partial charge in [0.05, 0.1) is 5.92 Å². The molecule has 1 fully saturated rings. The van der Waals surface area contributed by atoms with Gasteiger partial charge in [0.2, 0.25) is 0 Å². The molecule has 0 saturated heterocycles. The van der Waals surface area contributed by atoms with E-state index in [1.165, 1.54) is 0 Å². The molecule has 0 unspecified atom stereocenters. The van der Waals surface area contributed by atoms with Crippen LogP contribution in [0.3, 0.4) is 0 Å². The Morgan fingerprint density at radius 3 is 2.52 bits per heavy atom. The van der Waals surface area contributed by atoms with Crippen LogP contribution >= 0.6 is 0 Å². The quantitative estimate of drug-likeness (QED) is 0.575. The Balaban J connectivity index is 2.18. The number of carboxylic acids is 1. The minimum absolute atomic E-state index is 0.174. The highest BCUT2D eigenvalue weighted by atomic mass is 16.4. The lowest BCUT2D eigenvalue weighted by molar-refractivity contribution is -0.142. The minimum atomic E-state index is -0.712. The summed E-state index contributed by atoms with van der Waals surface area (Å²) in [5.74, 6) is 0.727. The van der Waals surface area contributed by atoms with Gasteiger partial charge < -0.3 is 16.6 Å². The Morgan fingerprint density at radius 1 is 1.30 bits per heavy atom. The molecular formula is C16H23N5O2. The van der Waals surface area contributed by atoms with Crippen molar-refractivity contribution in [2.45, 2.75) is 45.4 Å². The van der Waals surface area contributed by atoms with Crippen LogP contribution in [-0.2, 0) is 4.79 Å². The Kier molecular flexibility index (Phi) is 5.31. The van der Waals surface area contributed by atoms with Crippen LogP contribution in [0.5, 0.6) is 0 Å². The molecule has 0 atom stereocenters. The van der Waals surface area contributed by atoms with Gasteiger partial charge in [-0.1, -0.05) is 0 Å². The highest BCUT2D eigenvalue weighted by Gasteiger charge is 2.28. The molecule has 1 aliphatic rings. The molecule has 2 rings (SSSR count). The predicted octanol–water partition coefficient (Wildman–Crippen LogP) is 1.99. The van der Waals surface area contributed by atoms with Crippen molar-refractivity contribution in [1.82, 2.24) is 9.97 Å². The molecule has 0 radical (unpaired) electrons. The van der Waals surface area contributed by atoms with Crippen molar-refractivity contribution in [3.63, 3.8) is 0 Å². The first-order valence-corrected chi connectivity index (χ1v) is 7.71. The number of aliphatic carboxylic acids is 1. The van der Waals surface area contributed by atoms with Crippen LogP contribution in [0, 0.1) is 12.8 Å². The van der Waals surface area contributed by atoms with Crippen LogP contribution in [0.4, 0.5) is 5.82 Å². The van der Waals surface area contributed by atoms with E-state index in [-0.39, 0.29) is 11.8 Å². The van der Waals surface area contributed by atoms with Crippen LogP contribution < -0.4 is 11.5 Å². The highest BCUT2D eigenvalue weighted by Crippen LogP contribution is 2.35. The van der Waals surface area contributed by atoms with Gasteiger partial charge in [-0.25, -0.2) is 15.0 Å². The topological polar surface area (TPSA) is 127 Å². The van der Waals surface area contributed by atoms with E-state index in [9.17, 15) is 4.79 Å². The number of carboxylic acid groups (broad SMARTS) is 1. The number of allylic oxidation sites excluding steroid dienone is 1. The van der Waals surface area contributed by atoms with Crippen molar-refractivity contribution in [2.24, 2.45) is 22.4 Å². The average molecular weight is 317 g/mol. The predicted molar refractivity (Wildman–Crippen MR) is 88.3 cm³/mol. The second kappa shape index (κ2) is 7.21. The maximum atomic E-state index is 11.0. The highest BCUT2D eigenvalue weighted by molar-refractivity contribution is 5.93. The lowest BCUT2D eigenvalue weighted by Gasteiger charge is -2.25. The van der Waals surface area contributed by atoms with Crippen LogP contribution in [0.25, 0.3) is 0 Å². The van der Waals surface area contributed by atoms with Crippen molar-refractivity contribution in [1.29, 1.82) is 0 Å². The summed E-state index contributed by atoms with van der Waals surface area (Å²) in [5.41, 5.74) is 12.8. The Bertz CT molecular complexity index is 642. The zero-order valence-corrected chi connectivity index (χ0v) is 13.5. The van der Waals surface area contributed by atoms with Gasteiger partial charge in [-0.15, -0.1) is 0 Å². The van der Waals surface area contributed by atoms with Gasteiger partial charge >= 0.3 is 5.97 Å². The first-order valence-electron chi connectivity index (χ1n) is 7.71. The summed E-state index contributed by atoms with van der Waals surface area (Å²) >= 11 is 0. The van der Waals surface area contributed by atoms with Gasteiger partial charge in [-0.3, -0.25) is 4.79 Å². The molecule has 0 bridgehead atoms. The lowest BCUT2D eigenvalue weighted by Crippen LogP contribution is -2.21. The van der Waals surface area contributed by atoms with Crippen LogP contribution in [-0.4, -0.2) is 26.9 Å². The van der Waals surface area contributed by atoms with E-state index in [1.807, 2.05) is 6.92 Å².